The molecular formula is C15H19N3O2S. The van der Waals surface area contributed by atoms with Crippen LogP contribution in [0.15, 0.2) is 48.7 Å². The van der Waals surface area contributed by atoms with Gasteiger partial charge in [-0.25, -0.2) is 8.42 Å². The van der Waals surface area contributed by atoms with E-state index in [1.807, 2.05) is 43.4 Å². The molecule has 2 rings (SSSR count). The normalized spacial score (nSPS) is 11.3. The molecule has 2 N–H and O–H groups in total. The number of para-hydroxylation sites is 1. The molecule has 0 saturated carbocycles. The Morgan fingerprint density at radius 1 is 1.10 bits per heavy atom. The number of benzene rings is 1. The molecule has 0 spiro atoms. The number of nitrogens with zero attached hydrogens (tertiary/aromatic N) is 1. The minimum atomic E-state index is -3.39. The van der Waals surface area contributed by atoms with Gasteiger partial charge in [-0.15, -0.1) is 0 Å². The average Bonchev–Trinajstić information content (AvgIpc) is 2.48. The molecule has 0 saturated heterocycles. The molecule has 112 valence electrons. The van der Waals surface area contributed by atoms with Gasteiger partial charge in [0.15, 0.2) is 0 Å². The molecule has 0 bridgehead atoms. The van der Waals surface area contributed by atoms with Gasteiger partial charge >= 0.3 is 0 Å². The maximum Gasteiger partial charge on any atom is 0.233 e. The molecule has 0 aliphatic heterocycles. The second-order valence-electron chi connectivity index (χ2n) is 4.68. The van der Waals surface area contributed by atoms with Gasteiger partial charge in [-0.05, 0) is 30.8 Å². The first kappa shape index (κ1) is 15.5. The Bertz CT molecular complexity index is 672. The molecule has 2 aromatic rings. The highest BCUT2D eigenvalue weighted by atomic mass is 32.2. The third-order valence-electron chi connectivity index (χ3n) is 3.00. The highest BCUT2D eigenvalue weighted by molar-refractivity contribution is 7.92. The van der Waals surface area contributed by atoms with Crippen LogP contribution in [-0.4, -0.2) is 26.2 Å². The van der Waals surface area contributed by atoms with Crippen molar-refractivity contribution < 1.29 is 8.42 Å². The van der Waals surface area contributed by atoms with E-state index in [4.69, 9.17) is 0 Å². The fourth-order valence-electron chi connectivity index (χ4n) is 1.97. The predicted molar refractivity (Wildman–Crippen MR) is 84.6 cm³/mol. The number of nitrogens with one attached hydrogen (secondary N) is 2. The third kappa shape index (κ3) is 4.84. The van der Waals surface area contributed by atoms with Gasteiger partial charge in [-0.2, -0.15) is 0 Å². The average molecular weight is 305 g/mol. The summed E-state index contributed by atoms with van der Waals surface area (Å²) in [4.78, 5) is 4.13. The van der Waals surface area contributed by atoms with E-state index in [1.165, 1.54) is 0 Å². The van der Waals surface area contributed by atoms with Gasteiger partial charge in [0.25, 0.3) is 0 Å². The van der Waals surface area contributed by atoms with Crippen molar-refractivity contribution >= 4 is 15.7 Å². The molecule has 1 aromatic heterocycles. The number of rotatable bonds is 7. The Labute approximate surface area is 125 Å². The van der Waals surface area contributed by atoms with E-state index in [1.54, 1.807) is 12.3 Å². The van der Waals surface area contributed by atoms with Gasteiger partial charge in [0.1, 0.15) is 0 Å². The first-order valence-electron chi connectivity index (χ1n) is 6.73. The van der Waals surface area contributed by atoms with Gasteiger partial charge in [0.05, 0.1) is 11.4 Å². The molecular weight excluding hydrogens is 286 g/mol. The van der Waals surface area contributed by atoms with Gasteiger partial charge < -0.3 is 5.32 Å². The molecule has 0 aliphatic rings. The van der Waals surface area contributed by atoms with Crippen LogP contribution < -0.4 is 10.0 Å². The van der Waals surface area contributed by atoms with Crippen LogP contribution in [0.4, 0.5) is 5.69 Å². The van der Waals surface area contributed by atoms with Crippen molar-refractivity contribution in [3.05, 3.63) is 59.9 Å². The van der Waals surface area contributed by atoms with E-state index in [-0.39, 0.29) is 5.75 Å². The van der Waals surface area contributed by atoms with Crippen molar-refractivity contribution in [2.24, 2.45) is 0 Å². The van der Waals surface area contributed by atoms with Crippen molar-refractivity contribution in [2.45, 2.75) is 13.0 Å². The smallest absolute Gasteiger partial charge is 0.233 e. The summed E-state index contributed by atoms with van der Waals surface area (Å²) in [5.41, 5.74) is 2.31. The van der Waals surface area contributed by atoms with E-state index in [2.05, 4.69) is 15.0 Å². The van der Waals surface area contributed by atoms with E-state index in [0.29, 0.717) is 18.7 Å². The standard InChI is InChI=1S/C15H19N3O2S/c1-16-12-13-6-2-3-8-15(13)18-21(19,20)11-9-14-7-4-5-10-17-14/h2-8,10,16,18H,9,11-12H2,1H3. The zero-order valence-electron chi connectivity index (χ0n) is 11.9. The van der Waals surface area contributed by atoms with E-state index in [9.17, 15) is 8.42 Å². The topological polar surface area (TPSA) is 71.1 Å². The Morgan fingerprint density at radius 3 is 2.57 bits per heavy atom. The van der Waals surface area contributed by atoms with Crippen LogP contribution in [0.25, 0.3) is 0 Å². The van der Waals surface area contributed by atoms with Crippen LogP contribution in [0, 0.1) is 0 Å². The first-order valence-corrected chi connectivity index (χ1v) is 8.39. The minimum Gasteiger partial charge on any atom is -0.316 e. The molecule has 21 heavy (non-hydrogen) atoms. The number of hydrogen-bond donors (Lipinski definition) is 2. The summed E-state index contributed by atoms with van der Waals surface area (Å²) in [6.45, 7) is 0.610. The van der Waals surface area contributed by atoms with Gasteiger partial charge in [0.2, 0.25) is 10.0 Å². The zero-order chi connectivity index (χ0) is 15.1. The number of pyridine rings is 1. The van der Waals surface area contributed by atoms with Gasteiger partial charge in [-0.1, -0.05) is 24.3 Å². The minimum absolute atomic E-state index is 0.0118. The maximum absolute atomic E-state index is 12.2. The third-order valence-corrected chi connectivity index (χ3v) is 4.28. The maximum atomic E-state index is 12.2. The summed E-state index contributed by atoms with van der Waals surface area (Å²) in [7, 11) is -1.57. The lowest BCUT2D eigenvalue weighted by atomic mass is 10.2. The fourth-order valence-corrected chi connectivity index (χ4v) is 3.08. The summed E-state index contributed by atoms with van der Waals surface area (Å²) in [6.07, 6.45) is 2.06. The second-order valence-corrected chi connectivity index (χ2v) is 6.52. The Kier molecular flexibility index (Phi) is 5.30. The van der Waals surface area contributed by atoms with Crippen LogP contribution in [0.2, 0.25) is 0 Å². The molecule has 0 radical (unpaired) electrons. The molecule has 0 amide bonds. The highest BCUT2D eigenvalue weighted by Crippen LogP contribution is 2.16. The lowest BCUT2D eigenvalue weighted by Crippen LogP contribution is -2.20. The quantitative estimate of drug-likeness (QED) is 0.818. The van der Waals surface area contributed by atoms with Gasteiger partial charge in [-0.3, -0.25) is 9.71 Å². The predicted octanol–water partition coefficient (Wildman–Crippen LogP) is 1.79. The van der Waals surface area contributed by atoms with Crippen molar-refractivity contribution in [2.75, 3.05) is 17.5 Å². The Hall–Kier alpha value is -1.92. The lowest BCUT2D eigenvalue weighted by Gasteiger charge is -2.12. The summed E-state index contributed by atoms with van der Waals surface area (Å²) in [6, 6.07) is 12.9. The van der Waals surface area contributed by atoms with E-state index >= 15 is 0 Å². The Morgan fingerprint density at radius 2 is 1.86 bits per heavy atom. The zero-order valence-corrected chi connectivity index (χ0v) is 12.7. The molecule has 0 atom stereocenters. The molecule has 1 aromatic carbocycles. The number of aryl methyl sites for hydroxylation is 1. The van der Waals surface area contributed by atoms with Crippen molar-refractivity contribution in [3.8, 4) is 0 Å². The largest absolute Gasteiger partial charge is 0.316 e. The van der Waals surface area contributed by atoms with Crippen LogP contribution >= 0.6 is 0 Å². The number of hydrogen-bond acceptors (Lipinski definition) is 4. The van der Waals surface area contributed by atoms with Gasteiger partial charge in [0, 0.05) is 24.9 Å². The summed E-state index contributed by atoms with van der Waals surface area (Å²) in [5, 5.41) is 3.02. The molecule has 6 heteroatoms. The summed E-state index contributed by atoms with van der Waals surface area (Å²) in [5.74, 6) is 0.0118. The molecule has 5 nitrogen and oxygen atoms in total. The van der Waals surface area contributed by atoms with E-state index in [0.717, 1.165) is 11.3 Å². The summed E-state index contributed by atoms with van der Waals surface area (Å²) < 4.78 is 27.0. The summed E-state index contributed by atoms with van der Waals surface area (Å²) >= 11 is 0. The fraction of sp³-hybridized carbons (Fsp3) is 0.267. The number of aromatic nitrogens is 1. The highest BCUT2D eigenvalue weighted by Gasteiger charge is 2.13. The number of sulfonamides is 1. The SMILES string of the molecule is CNCc1ccccc1NS(=O)(=O)CCc1ccccn1. The molecule has 0 fully saturated rings. The molecule has 0 unspecified atom stereocenters. The molecule has 1 heterocycles. The first-order chi connectivity index (χ1) is 10.1. The van der Waals surface area contributed by atoms with Crippen molar-refractivity contribution in [1.29, 1.82) is 0 Å². The van der Waals surface area contributed by atoms with Crippen LogP contribution in [0.3, 0.4) is 0 Å². The van der Waals surface area contributed by atoms with Crippen LogP contribution in [0.5, 0.6) is 0 Å². The van der Waals surface area contributed by atoms with E-state index < -0.39 is 10.0 Å². The van der Waals surface area contributed by atoms with Crippen LogP contribution in [0.1, 0.15) is 11.3 Å². The van der Waals surface area contributed by atoms with Crippen molar-refractivity contribution in [1.82, 2.24) is 10.3 Å². The van der Waals surface area contributed by atoms with Crippen molar-refractivity contribution in [3.63, 3.8) is 0 Å². The monoisotopic (exact) mass is 305 g/mol. The lowest BCUT2D eigenvalue weighted by molar-refractivity contribution is 0.600. The molecule has 0 aliphatic carbocycles. The Balaban J connectivity index is 2.04. The van der Waals surface area contributed by atoms with Crippen LogP contribution in [-0.2, 0) is 23.0 Å². The number of anilines is 1. The second kappa shape index (κ2) is 7.19.